The number of rotatable bonds is 7. The number of carbonyl (C=O) groups is 2. The molecule has 0 aromatic rings. The van der Waals surface area contributed by atoms with Crippen molar-refractivity contribution in [2.75, 3.05) is 6.61 Å². The maximum absolute atomic E-state index is 14.6. The molecule has 4 saturated carbocycles. The highest BCUT2D eigenvalue weighted by Gasteiger charge is 2.70. The maximum atomic E-state index is 14.6. The monoisotopic (exact) mass is 910 g/mol. The van der Waals surface area contributed by atoms with Gasteiger partial charge in [0.25, 0.3) is 0 Å². The first-order valence-electron chi connectivity index (χ1n) is 23.6. The number of aliphatic carboxylic acids is 1. The van der Waals surface area contributed by atoms with E-state index in [4.69, 9.17) is 28.4 Å². The van der Waals surface area contributed by atoms with Crippen molar-refractivity contribution >= 4 is 11.9 Å². The highest BCUT2D eigenvalue weighted by molar-refractivity contribution is 5.79. The number of esters is 1. The largest absolute Gasteiger partial charge is 0.479 e. The third-order valence-electron chi connectivity index (χ3n) is 18.8. The fourth-order valence-corrected chi connectivity index (χ4v) is 14.7. The Morgan fingerprint density at radius 1 is 0.688 bits per heavy atom. The molecule has 3 saturated heterocycles. The van der Waals surface area contributed by atoms with Crippen LogP contribution in [0.5, 0.6) is 0 Å². The molecule has 8 rings (SSSR count). The first kappa shape index (κ1) is 48.6. The fourth-order valence-electron chi connectivity index (χ4n) is 14.7. The van der Waals surface area contributed by atoms with E-state index in [0.717, 1.165) is 44.9 Å². The molecule has 9 N–H and O–H groups in total. The van der Waals surface area contributed by atoms with Crippen molar-refractivity contribution in [3.05, 3.63) is 11.6 Å². The first-order chi connectivity index (χ1) is 29.7. The average Bonchev–Trinajstić information content (AvgIpc) is 3.22. The van der Waals surface area contributed by atoms with Gasteiger partial charge in [0.15, 0.2) is 18.7 Å². The quantitative estimate of drug-likeness (QED) is 0.100. The molecule has 0 aromatic carbocycles. The van der Waals surface area contributed by atoms with Crippen molar-refractivity contribution < 1.29 is 84.0 Å². The lowest BCUT2D eigenvalue weighted by atomic mass is 9.33. The van der Waals surface area contributed by atoms with E-state index in [-0.39, 0.29) is 39.4 Å². The number of hydrogen-bond donors (Lipinski definition) is 9. The van der Waals surface area contributed by atoms with Crippen LogP contribution in [0.15, 0.2) is 11.6 Å². The van der Waals surface area contributed by atoms with Crippen LogP contribution in [0.25, 0.3) is 0 Å². The van der Waals surface area contributed by atoms with Crippen LogP contribution in [0.1, 0.15) is 120 Å². The fraction of sp³-hybridized carbons (Fsp3) is 0.915. The summed E-state index contributed by atoms with van der Waals surface area (Å²) in [5.41, 5.74) is -0.610. The van der Waals surface area contributed by atoms with E-state index in [0.29, 0.717) is 19.3 Å². The van der Waals surface area contributed by atoms with Crippen LogP contribution < -0.4 is 0 Å². The number of carboxylic acids is 1. The van der Waals surface area contributed by atoms with E-state index in [1.54, 1.807) is 6.92 Å². The zero-order valence-corrected chi connectivity index (χ0v) is 38.5. The topological polar surface area (TPSA) is 272 Å². The lowest BCUT2D eigenvalue weighted by molar-refractivity contribution is -0.357. The van der Waals surface area contributed by atoms with E-state index in [9.17, 15) is 55.5 Å². The Labute approximate surface area is 375 Å². The summed E-state index contributed by atoms with van der Waals surface area (Å²) in [5.74, 6) is -1.63. The number of carboxylic acid groups (broad SMARTS) is 1. The normalized spacial score (nSPS) is 53.3. The smallest absolute Gasteiger partial charge is 0.335 e. The van der Waals surface area contributed by atoms with E-state index < -0.39 is 121 Å². The predicted molar refractivity (Wildman–Crippen MR) is 223 cm³/mol. The second-order valence-corrected chi connectivity index (χ2v) is 23.0. The standard InChI is InChI=1S/C47H74O17/c1-21-28(49)30(51)32(53)39(60-21)64-41(58)47-17-15-42(2,3)19-23(47)22-9-10-26-44(6)13-12-27(43(4,5)25(44)11-14-46(26,8)45(22,7)16-18-47)61-40-34(55)35(33(54)36(63-40)37(56)57)62-38-31(52)29(50)24(48)20-59-38/h9,21,23-36,38-40,48-55H,10-20H2,1-8H3,(H,56,57)/t21-,23-,24+,25-,26+,27-,28-,29-,30+,31+,32+,33-,34+,35-,36-,38-,39-,40+,44-,45+,46+,47-/m0/s1. The van der Waals surface area contributed by atoms with Crippen molar-refractivity contribution in [2.45, 2.75) is 212 Å². The lowest BCUT2D eigenvalue weighted by Gasteiger charge is -2.71. The van der Waals surface area contributed by atoms with Gasteiger partial charge in [-0.1, -0.05) is 60.1 Å². The first-order valence-corrected chi connectivity index (χ1v) is 23.6. The Morgan fingerprint density at radius 2 is 1.36 bits per heavy atom. The number of carbonyl (C=O) groups excluding carboxylic acids is 1. The van der Waals surface area contributed by atoms with Gasteiger partial charge in [0.05, 0.1) is 24.2 Å². The molecule has 3 heterocycles. The molecule has 0 bridgehead atoms. The zero-order chi connectivity index (χ0) is 46.9. The van der Waals surface area contributed by atoms with Crippen molar-refractivity contribution in [3.8, 4) is 0 Å². The molecule has 0 amide bonds. The average molecular weight is 911 g/mol. The predicted octanol–water partition coefficient (Wildman–Crippen LogP) is 1.90. The zero-order valence-electron chi connectivity index (χ0n) is 38.5. The molecule has 3 aliphatic heterocycles. The number of aliphatic hydroxyl groups excluding tert-OH is 8. The Morgan fingerprint density at radius 3 is 2.05 bits per heavy atom. The second-order valence-electron chi connectivity index (χ2n) is 23.0. The van der Waals surface area contributed by atoms with Crippen LogP contribution >= 0.6 is 0 Å². The van der Waals surface area contributed by atoms with Gasteiger partial charge in [-0.3, -0.25) is 4.79 Å². The molecule has 0 aromatic heterocycles. The van der Waals surface area contributed by atoms with Crippen molar-refractivity contribution in [3.63, 3.8) is 0 Å². The van der Waals surface area contributed by atoms with E-state index in [1.165, 1.54) is 5.57 Å². The third-order valence-corrected chi connectivity index (χ3v) is 18.8. The van der Waals surface area contributed by atoms with Gasteiger partial charge in [-0.25, -0.2) is 4.79 Å². The van der Waals surface area contributed by atoms with Gasteiger partial charge in [-0.15, -0.1) is 0 Å². The molecule has 7 fully saturated rings. The lowest BCUT2D eigenvalue weighted by Crippen LogP contribution is -2.67. The summed E-state index contributed by atoms with van der Waals surface area (Å²) >= 11 is 0. The number of aliphatic hydroxyl groups is 8. The Bertz CT molecular complexity index is 1810. The van der Waals surface area contributed by atoms with Gasteiger partial charge in [0.2, 0.25) is 6.29 Å². The van der Waals surface area contributed by atoms with Gasteiger partial charge in [-0.05, 0) is 116 Å². The molecule has 64 heavy (non-hydrogen) atoms. The summed E-state index contributed by atoms with van der Waals surface area (Å²) in [6.45, 7) is 17.2. The van der Waals surface area contributed by atoms with Gasteiger partial charge < -0.3 is 74.4 Å². The number of ether oxygens (including phenoxy) is 6. The maximum Gasteiger partial charge on any atom is 0.335 e. The van der Waals surface area contributed by atoms with Gasteiger partial charge in [0, 0.05) is 0 Å². The minimum Gasteiger partial charge on any atom is -0.479 e. The summed E-state index contributed by atoms with van der Waals surface area (Å²) in [4.78, 5) is 27.0. The number of fused-ring (bicyclic) bond motifs is 7. The van der Waals surface area contributed by atoms with Gasteiger partial charge in [-0.2, -0.15) is 0 Å². The van der Waals surface area contributed by atoms with Gasteiger partial charge in [0.1, 0.15) is 54.9 Å². The summed E-state index contributed by atoms with van der Waals surface area (Å²) < 4.78 is 35.2. The van der Waals surface area contributed by atoms with Crippen LogP contribution in [-0.4, -0.2) is 157 Å². The Kier molecular flexibility index (Phi) is 12.7. The van der Waals surface area contributed by atoms with Crippen molar-refractivity contribution in [1.82, 2.24) is 0 Å². The van der Waals surface area contributed by atoms with Crippen LogP contribution in [0.4, 0.5) is 0 Å². The highest BCUT2D eigenvalue weighted by Crippen LogP contribution is 2.76. The van der Waals surface area contributed by atoms with E-state index >= 15 is 0 Å². The molecule has 17 nitrogen and oxygen atoms in total. The number of hydrogen-bond acceptors (Lipinski definition) is 16. The van der Waals surface area contributed by atoms with E-state index in [1.807, 2.05) is 0 Å². The minimum absolute atomic E-state index is 0.0334. The summed E-state index contributed by atoms with van der Waals surface area (Å²) in [6.07, 6.45) is -12.2. The van der Waals surface area contributed by atoms with Crippen LogP contribution in [-0.2, 0) is 38.0 Å². The molecule has 0 spiro atoms. The molecular weight excluding hydrogens is 836 g/mol. The Hall–Kier alpha value is -1.84. The summed E-state index contributed by atoms with van der Waals surface area (Å²) in [5, 5.41) is 95.0. The van der Waals surface area contributed by atoms with Crippen LogP contribution in [0, 0.1) is 50.2 Å². The SMILES string of the molecule is C[C@@H]1O[C@@H](OC(=O)[C@]23CCC(C)(C)C[C@H]2C2=CC[C@@H]4[C@@]5(C)CC[C@H](O[C@@H]6O[C@H](C(=O)O)[C@@H](O)[C@H](O[C@@H]7OC[C@@H](O)[C@H](O)[C@H]7O)[C@H]6O)C(C)(C)[C@@H]5CC[C@@]4(C)[C@]2(C)CC3)[C@H](O)[C@H](O)[C@H]1O. The Balaban J connectivity index is 1.03. The van der Waals surface area contributed by atoms with Crippen molar-refractivity contribution in [1.29, 1.82) is 0 Å². The highest BCUT2D eigenvalue weighted by atomic mass is 16.7. The number of allylic oxidation sites excluding steroid dienone is 2. The summed E-state index contributed by atoms with van der Waals surface area (Å²) in [7, 11) is 0. The van der Waals surface area contributed by atoms with Crippen LogP contribution in [0.3, 0.4) is 0 Å². The second kappa shape index (κ2) is 16.7. The molecule has 0 radical (unpaired) electrons. The van der Waals surface area contributed by atoms with Gasteiger partial charge >= 0.3 is 11.9 Å². The van der Waals surface area contributed by atoms with E-state index in [2.05, 4.69) is 54.5 Å². The molecule has 0 unspecified atom stereocenters. The minimum atomic E-state index is -1.89. The van der Waals surface area contributed by atoms with Crippen molar-refractivity contribution in [2.24, 2.45) is 50.2 Å². The molecule has 17 heteroatoms. The molecular formula is C47H74O17. The molecule has 8 aliphatic rings. The molecule has 5 aliphatic carbocycles. The van der Waals surface area contributed by atoms with Crippen LogP contribution in [0.2, 0.25) is 0 Å². The third kappa shape index (κ3) is 7.45. The molecule has 22 atom stereocenters. The summed E-state index contributed by atoms with van der Waals surface area (Å²) in [6, 6.07) is 0. The molecule has 364 valence electrons.